The van der Waals surface area contributed by atoms with E-state index in [4.69, 9.17) is 51.3 Å². The number of β-amino-alcohol motifs (C(OH)–C–C–N with tert-alkyl or cyclic N) is 1. The lowest BCUT2D eigenvalue weighted by molar-refractivity contribution is -0.142. The predicted octanol–water partition coefficient (Wildman–Crippen LogP) is -11.3. The number of aliphatic hydroxyl groups excluding tert-OH is 3. The van der Waals surface area contributed by atoms with Crippen molar-refractivity contribution in [3.05, 3.63) is 59.7 Å². The van der Waals surface area contributed by atoms with Crippen molar-refractivity contribution in [3.63, 3.8) is 0 Å². The zero-order valence-corrected chi connectivity index (χ0v) is 77.0. The van der Waals surface area contributed by atoms with Gasteiger partial charge in [0, 0.05) is 49.4 Å². The fraction of sp³-hybridized carbons (Fsp3) is 0.617. The average molecular weight is 1920 g/mol. The van der Waals surface area contributed by atoms with Crippen LogP contribution in [0.1, 0.15) is 130 Å². The van der Waals surface area contributed by atoms with Crippen molar-refractivity contribution in [2.24, 2.45) is 57.7 Å². The first-order valence-corrected chi connectivity index (χ1v) is 44.2. The highest BCUT2D eigenvalue weighted by Crippen LogP contribution is 2.24. The first-order valence-electron chi connectivity index (χ1n) is 43.1. The Hall–Kier alpha value is -12.0. The molecule has 0 unspecified atom stereocenters. The van der Waals surface area contributed by atoms with Crippen LogP contribution in [0.4, 0.5) is 4.79 Å². The van der Waals surface area contributed by atoms with Crippen LogP contribution in [0.5, 0.6) is 11.5 Å². The minimum Gasteiger partial charge on any atom is -0.508 e. The maximum atomic E-state index is 14.9. The van der Waals surface area contributed by atoms with Crippen molar-refractivity contribution in [1.82, 2.24) is 90.0 Å². The third-order valence-electron chi connectivity index (χ3n) is 21.2. The third kappa shape index (κ3) is 39.3. The van der Waals surface area contributed by atoms with Crippen LogP contribution < -0.4 is 131 Å². The number of hydrogen-bond acceptors (Lipinski definition) is 31. The molecule has 39 N–H and O–H groups in total. The summed E-state index contributed by atoms with van der Waals surface area (Å²) in [5, 5.41) is 108. The van der Waals surface area contributed by atoms with E-state index in [-0.39, 0.29) is 121 Å². The number of aliphatic carboxylic acids is 1. The van der Waals surface area contributed by atoms with Crippen LogP contribution in [0.15, 0.2) is 48.5 Å². The molecule has 0 aromatic heterocycles. The molecule has 2 aromatic rings. The lowest BCUT2D eigenvalue weighted by Gasteiger charge is -2.33. The molecule has 1 heterocycles. The molecule has 1 aliphatic heterocycles. The number of aromatic hydroxyl groups is 2. The van der Waals surface area contributed by atoms with Gasteiger partial charge in [-0.15, -0.1) is 0 Å². The number of nitrogens with one attached hydrogen (secondary N) is 17. The number of carbonyl (C=O) groups excluding carboxylic acids is 17. The fourth-order valence-electron chi connectivity index (χ4n) is 13.4. The van der Waals surface area contributed by atoms with Gasteiger partial charge in [-0.3, -0.25) is 82.1 Å². The highest BCUT2D eigenvalue weighted by Gasteiger charge is 2.45. The quantitative estimate of drug-likeness (QED) is 0.0127. The topological polar surface area (TPSA) is 856 Å². The Morgan fingerprint density at radius 3 is 1.24 bits per heavy atom. The number of likely N-dealkylation sites (tertiary alicyclic amines) is 1. The number of amides is 18. The van der Waals surface area contributed by atoms with Crippen LogP contribution in [0, 0.1) is 17.2 Å². The molecular weight excluding hydrogens is 1790 g/mol. The molecule has 0 spiro atoms. The second kappa shape index (κ2) is 57.4. The first-order chi connectivity index (χ1) is 62.5. The van der Waals surface area contributed by atoms with Gasteiger partial charge in [-0.25, -0.2) is 9.59 Å². The number of thiol groups is 2. The van der Waals surface area contributed by atoms with Gasteiger partial charge in [0.15, 0.2) is 5.96 Å². The minimum absolute atomic E-state index is 0.0966. The molecule has 0 radical (unpaired) electrons. The zero-order chi connectivity index (χ0) is 100. The van der Waals surface area contributed by atoms with Gasteiger partial charge in [-0.1, -0.05) is 58.4 Å². The Morgan fingerprint density at radius 1 is 0.489 bits per heavy atom. The van der Waals surface area contributed by atoms with Crippen molar-refractivity contribution < 1.29 is 117 Å². The van der Waals surface area contributed by atoms with Gasteiger partial charge in [-0.05, 0) is 146 Å². The molecule has 1 aliphatic rings. The number of primary amides is 2. The number of nitrogens with two attached hydrogens (primary N) is 8. The molecule has 1 saturated heterocycles. The van der Waals surface area contributed by atoms with E-state index in [0.29, 0.717) is 17.5 Å². The Morgan fingerprint density at radius 2 is 0.850 bits per heavy atom. The number of urea groups is 1. The molecule has 0 saturated carbocycles. The lowest BCUT2D eigenvalue weighted by atomic mass is 9.96. The van der Waals surface area contributed by atoms with E-state index in [1.807, 2.05) is 0 Å². The van der Waals surface area contributed by atoms with E-state index in [2.05, 4.69) is 110 Å². The van der Waals surface area contributed by atoms with Gasteiger partial charge in [-0.2, -0.15) is 25.3 Å². The number of guanidine groups is 1. The molecule has 744 valence electrons. The fourth-order valence-corrected chi connectivity index (χ4v) is 13.9. The molecule has 19 atom stereocenters. The number of rotatable bonds is 59. The lowest BCUT2D eigenvalue weighted by Crippen LogP contribution is -2.64. The minimum atomic E-state index is -2.01. The van der Waals surface area contributed by atoms with Crippen LogP contribution in [-0.4, -0.2) is 320 Å². The number of carboxylic acids is 1. The predicted molar refractivity (Wildman–Crippen MR) is 487 cm³/mol. The number of aliphatic hydroxyl groups is 3. The molecule has 3 rings (SSSR count). The highest BCUT2D eigenvalue weighted by molar-refractivity contribution is 7.81. The second-order valence-electron chi connectivity index (χ2n) is 32.9. The Balaban J connectivity index is 1.93. The normalized spacial score (nSPS) is 16.8. The smallest absolute Gasteiger partial charge is 0.326 e. The summed E-state index contributed by atoms with van der Waals surface area (Å²) >= 11 is 8.80. The largest absolute Gasteiger partial charge is 0.508 e. The second-order valence-corrected chi connectivity index (χ2v) is 34.4. The number of phenolic OH excluding ortho intramolecular Hbond substituents is 2. The number of phenols is 2. The van der Waals surface area contributed by atoms with E-state index in [1.165, 1.54) is 62.4 Å². The Bertz CT molecular complexity index is 4290. The Kier molecular flexibility index (Phi) is 49.7. The number of nitrogens with zero attached hydrogens (tertiary/aromatic N) is 1. The standard InChI is InChI=1S/C81H134N26O24S2/c1-8-39(4)60(104-73(124)57-33-45(112)35-107(57)77(128)59(87)38(2)3)74(125)97-50(23-27-84)66(117)99-52(31-41-13-17-43(110)18-14-41)70(121)106-62(81(6,7)133)76(127)100-53(34-58(86)113)69(120)94-46(11-9-29-91-79(88)89)63(114)95-51(24-28-85)68(119)105-61(40(5)109)75(126)98-49(22-26-83)65(116)93-47(12-10-30-92-80(90)131)64(115)103-56(37-132)72(123)96-48(21-25-82)67(118)102-55(36-108)71(122)101-54(78(129)130)32-42-15-19-44(111)20-16-42/h13-20,38-40,45-57,59-62,108-112,132-133H,8-12,21-37,82-85,87H2,1-7H3,(H2,86,113)(H,93,116)(H,94,120)(H,95,114)(H,96,123)(H,97,125)(H,98,126)(H,99,117)(H,100,127)(H,101,122)(H,102,118)(H,103,115)(H,104,124)(H,105,119)(H,106,121)(H,129,130)(H4,88,89,91)(H3,90,92,131)/t39-,40+,45+,46-,47-,48-,49+,50-,51-,52-,53-,54-,55-,56-,57-,59-,60-,61-,62+/m0/s1. The van der Waals surface area contributed by atoms with Crippen molar-refractivity contribution >= 4 is 138 Å². The van der Waals surface area contributed by atoms with E-state index >= 15 is 0 Å². The van der Waals surface area contributed by atoms with Gasteiger partial charge in [0.2, 0.25) is 94.5 Å². The van der Waals surface area contributed by atoms with Crippen LogP contribution in [0.2, 0.25) is 0 Å². The molecule has 52 heteroatoms. The monoisotopic (exact) mass is 1920 g/mol. The van der Waals surface area contributed by atoms with Crippen LogP contribution in [-0.2, 0) is 94.3 Å². The summed E-state index contributed by atoms with van der Waals surface area (Å²) in [5.74, 6) is -21.0. The highest BCUT2D eigenvalue weighted by atomic mass is 32.1. The zero-order valence-electron chi connectivity index (χ0n) is 75.2. The molecule has 18 amide bonds. The summed E-state index contributed by atoms with van der Waals surface area (Å²) in [6.07, 6.45) is -6.78. The van der Waals surface area contributed by atoms with E-state index in [1.54, 1.807) is 27.7 Å². The Labute approximate surface area is 779 Å². The number of hydrogen-bond donors (Lipinski definition) is 33. The summed E-state index contributed by atoms with van der Waals surface area (Å²) in [6, 6.07) is -16.3. The molecule has 50 nitrogen and oxygen atoms in total. The summed E-state index contributed by atoms with van der Waals surface area (Å²) in [4.78, 5) is 251. The third-order valence-corrected chi connectivity index (χ3v) is 21.8. The SMILES string of the molecule is CC[C@H](C)[C@H](NC(=O)[C@@H]1C[C@@H](O)CN1C(=O)[C@@H](N)C(C)C)C(=O)N[C@@H](CCN)C(=O)N[C@@H](Cc1ccc(O)cc1)C(=O)N[C@H](C(=O)N[C@@H](CC(N)=O)C(=O)N[C@@H](CCCNC(=N)N)C(=O)N[C@@H](CCN)C(=O)N[C@H](C(=O)N[C@H](CCN)C(=O)N[C@@H](CCCNC(N)=O)C(=O)N[C@@H](CS)C(=O)N[C@@H](CCN)C(=O)N[C@@H](CO)C(=O)N[C@@H](Cc1ccc(O)cc1)C(=O)O)[C@@H](C)O)C(C)(C)S. The van der Waals surface area contributed by atoms with Gasteiger partial charge >= 0.3 is 12.0 Å². The molecule has 0 bridgehead atoms. The number of carboxylic acid groups (broad SMARTS) is 1. The maximum absolute atomic E-state index is 14.9. The van der Waals surface area contributed by atoms with Gasteiger partial charge < -0.3 is 166 Å². The summed E-state index contributed by atoms with van der Waals surface area (Å²) in [7, 11) is 0. The number of benzene rings is 2. The van der Waals surface area contributed by atoms with Gasteiger partial charge in [0.05, 0.1) is 31.3 Å². The average Bonchev–Trinajstić information content (AvgIpc) is 1.71. The van der Waals surface area contributed by atoms with E-state index in [9.17, 15) is 117 Å². The summed E-state index contributed by atoms with van der Waals surface area (Å²) in [5.41, 5.74) is 46.8. The van der Waals surface area contributed by atoms with Crippen LogP contribution in [0.25, 0.3) is 0 Å². The molecular formula is C81H134N26O24S2. The summed E-state index contributed by atoms with van der Waals surface area (Å²) < 4.78 is -1.63. The molecule has 133 heavy (non-hydrogen) atoms. The van der Waals surface area contributed by atoms with Crippen molar-refractivity contribution in [2.75, 3.05) is 58.2 Å². The molecule has 1 fully saturated rings. The van der Waals surface area contributed by atoms with Gasteiger partial charge in [0.25, 0.3) is 0 Å². The van der Waals surface area contributed by atoms with Gasteiger partial charge in [0.1, 0.15) is 102 Å². The van der Waals surface area contributed by atoms with Crippen molar-refractivity contribution in [3.8, 4) is 11.5 Å². The van der Waals surface area contributed by atoms with Crippen LogP contribution in [0.3, 0.4) is 0 Å². The number of carbonyl (C=O) groups is 18. The van der Waals surface area contributed by atoms with E-state index < -0.39 is 264 Å². The first kappa shape index (κ1) is 115. The van der Waals surface area contributed by atoms with Crippen molar-refractivity contribution in [2.45, 2.75) is 246 Å². The molecule has 0 aliphatic carbocycles. The summed E-state index contributed by atoms with van der Waals surface area (Å²) in [6.45, 7) is 7.75. The molecule has 2 aromatic carbocycles. The maximum Gasteiger partial charge on any atom is 0.326 e. The van der Waals surface area contributed by atoms with E-state index in [0.717, 1.165) is 11.8 Å². The van der Waals surface area contributed by atoms with Crippen molar-refractivity contribution in [1.29, 1.82) is 5.41 Å². The van der Waals surface area contributed by atoms with Crippen LogP contribution >= 0.6 is 25.3 Å².